The Balaban J connectivity index is 2.34. The minimum Gasteiger partial charge on any atom is -0.469 e. The number of carbonyl (C=O) groups excluding carboxylic acids is 1. The predicted molar refractivity (Wildman–Crippen MR) is 64.4 cm³/mol. The number of hydrogen-bond acceptors (Lipinski definition) is 3. The first-order chi connectivity index (χ1) is 7.61. The first-order valence-electron chi connectivity index (χ1n) is 5.16. The highest BCUT2D eigenvalue weighted by Crippen LogP contribution is 2.09. The first-order valence-corrected chi connectivity index (χ1v) is 5.54. The van der Waals surface area contributed by atoms with Crippen LogP contribution in [0.3, 0.4) is 0 Å². The summed E-state index contributed by atoms with van der Waals surface area (Å²) < 4.78 is 4.59. The Kier molecular flexibility index (Phi) is 5.29. The molecule has 0 saturated heterocycles. The Hall–Kier alpha value is -1.06. The maximum absolute atomic E-state index is 11.0. The Morgan fingerprint density at radius 3 is 2.62 bits per heavy atom. The number of esters is 1. The van der Waals surface area contributed by atoms with Gasteiger partial charge in [-0.05, 0) is 24.6 Å². The van der Waals surface area contributed by atoms with Crippen LogP contribution in [0.4, 0.5) is 0 Å². The van der Waals surface area contributed by atoms with Crippen LogP contribution >= 0.6 is 11.6 Å². The average molecular weight is 242 g/mol. The minimum atomic E-state index is -0.198. The monoisotopic (exact) mass is 241 g/mol. The molecule has 1 rings (SSSR count). The molecule has 0 spiro atoms. The average Bonchev–Trinajstić information content (AvgIpc) is 2.28. The number of hydrogen-bond donors (Lipinski definition) is 1. The molecule has 0 bridgehead atoms. The van der Waals surface area contributed by atoms with Gasteiger partial charge in [0.1, 0.15) is 0 Å². The molecule has 0 fully saturated rings. The van der Waals surface area contributed by atoms with Gasteiger partial charge < -0.3 is 10.1 Å². The van der Waals surface area contributed by atoms with Crippen LogP contribution in [0.5, 0.6) is 0 Å². The predicted octanol–water partition coefficient (Wildman–Crippen LogP) is 2.38. The van der Waals surface area contributed by atoms with E-state index in [0.29, 0.717) is 6.42 Å². The van der Waals surface area contributed by atoms with Gasteiger partial charge in [0, 0.05) is 17.6 Å². The van der Waals surface area contributed by atoms with Crippen LogP contribution in [0.15, 0.2) is 24.3 Å². The lowest BCUT2D eigenvalue weighted by molar-refractivity contribution is -0.141. The Morgan fingerprint density at radius 1 is 1.44 bits per heavy atom. The van der Waals surface area contributed by atoms with E-state index < -0.39 is 0 Å². The van der Waals surface area contributed by atoms with Crippen molar-refractivity contribution in [1.29, 1.82) is 0 Å². The number of nitrogens with one attached hydrogen (secondary N) is 1. The summed E-state index contributed by atoms with van der Waals surface area (Å²) in [5.41, 5.74) is 1.14. The van der Waals surface area contributed by atoms with E-state index in [-0.39, 0.29) is 12.0 Å². The molecule has 0 saturated carbocycles. The molecule has 88 valence electrons. The number of ether oxygens (including phenoxy) is 1. The molecule has 1 N–H and O–H groups in total. The molecule has 4 heteroatoms. The van der Waals surface area contributed by atoms with Crippen molar-refractivity contribution >= 4 is 17.6 Å². The summed E-state index contributed by atoms with van der Waals surface area (Å²) in [6, 6.07) is 7.72. The summed E-state index contributed by atoms with van der Waals surface area (Å²) >= 11 is 5.78. The third-order valence-electron chi connectivity index (χ3n) is 2.27. The highest BCUT2D eigenvalue weighted by atomic mass is 35.5. The van der Waals surface area contributed by atoms with Crippen LogP contribution in [0.1, 0.15) is 18.9 Å². The molecular formula is C12H16ClNO2. The highest BCUT2D eigenvalue weighted by Gasteiger charge is 2.07. The third-order valence-corrected chi connectivity index (χ3v) is 2.52. The van der Waals surface area contributed by atoms with Gasteiger partial charge >= 0.3 is 5.97 Å². The first kappa shape index (κ1) is 13.0. The van der Waals surface area contributed by atoms with E-state index >= 15 is 0 Å². The summed E-state index contributed by atoms with van der Waals surface area (Å²) in [5.74, 6) is -0.198. The quantitative estimate of drug-likeness (QED) is 0.805. The lowest BCUT2D eigenvalue weighted by Gasteiger charge is -2.12. The molecular weight excluding hydrogens is 226 g/mol. The number of methoxy groups -OCH3 is 1. The van der Waals surface area contributed by atoms with Gasteiger partial charge in [-0.3, -0.25) is 4.79 Å². The van der Waals surface area contributed by atoms with E-state index in [2.05, 4.69) is 10.1 Å². The van der Waals surface area contributed by atoms with Gasteiger partial charge in [-0.25, -0.2) is 0 Å². The van der Waals surface area contributed by atoms with Crippen molar-refractivity contribution in [2.45, 2.75) is 25.9 Å². The summed E-state index contributed by atoms with van der Waals surface area (Å²) in [5, 5.41) is 3.97. The van der Waals surface area contributed by atoms with Crippen LogP contribution < -0.4 is 5.32 Å². The summed E-state index contributed by atoms with van der Waals surface area (Å²) in [4.78, 5) is 11.0. The molecule has 0 aromatic heterocycles. The second-order valence-corrected chi connectivity index (χ2v) is 4.13. The second kappa shape index (κ2) is 6.51. The maximum atomic E-state index is 11.0. The fourth-order valence-corrected chi connectivity index (χ4v) is 1.43. The van der Waals surface area contributed by atoms with Gasteiger partial charge in [-0.1, -0.05) is 23.7 Å². The van der Waals surface area contributed by atoms with Gasteiger partial charge in [0.15, 0.2) is 0 Å². The molecule has 1 aromatic carbocycles. The minimum absolute atomic E-state index is 0.100. The zero-order valence-electron chi connectivity index (χ0n) is 9.50. The van der Waals surface area contributed by atoms with E-state index in [0.717, 1.165) is 17.1 Å². The van der Waals surface area contributed by atoms with Gasteiger partial charge in [0.05, 0.1) is 13.5 Å². The summed E-state index contributed by atoms with van der Waals surface area (Å²) in [7, 11) is 1.40. The third kappa shape index (κ3) is 4.64. The molecule has 1 atom stereocenters. The van der Waals surface area contributed by atoms with Crippen LogP contribution in [0.25, 0.3) is 0 Å². The molecule has 0 aliphatic heterocycles. The Bertz CT molecular complexity index is 337. The van der Waals surface area contributed by atoms with Crippen molar-refractivity contribution in [3.05, 3.63) is 34.9 Å². The molecule has 0 aliphatic rings. The SMILES string of the molecule is COC(=O)C[C@@H](C)NCc1ccc(Cl)cc1. The lowest BCUT2D eigenvalue weighted by Crippen LogP contribution is -2.28. The highest BCUT2D eigenvalue weighted by molar-refractivity contribution is 6.30. The van der Waals surface area contributed by atoms with E-state index in [1.165, 1.54) is 7.11 Å². The molecule has 16 heavy (non-hydrogen) atoms. The van der Waals surface area contributed by atoms with E-state index in [1.54, 1.807) is 0 Å². The molecule has 1 aromatic rings. The van der Waals surface area contributed by atoms with Gasteiger partial charge in [-0.2, -0.15) is 0 Å². The number of carbonyl (C=O) groups is 1. The van der Waals surface area contributed by atoms with Crippen molar-refractivity contribution in [2.75, 3.05) is 7.11 Å². The van der Waals surface area contributed by atoms with Crippen molar-refractivity contribution in [3.8, 4) is 0 Å². The van der Waals surface area contributed by atoms with Crippen molar-refractivity contribution in [1.82, 2.24) is 5.32 Å². The number of halogens is 1. The van der Waals surface area contributed by atoms with Gasteiger partial charge in [0.25, 0.3) is 0 Å². The van der Waals surface area contributed by atoms with Gasteiger partial charge in [-0.15, -0.1) is 0 Å². The Morgan fingerprint density at radius 2 is 2.06 bits per heavy atom. The zero-order chi connectivity index (χ0) is 12.0. The van der Waals surface area contributed by atoms with Crippen LogP contribution in [0, 0.1) is 0 Å². The largest absolute Gasteiger partial charge is 0.469 e. The Labute approximate surface area is 101 Å². The van der Waals surface area contributed by atoms with Crippen molar-refractivity contribution < 1.29 is 9.53 Å². The van der Waals surface area contributed by atoms with Crippen LogP contribution in [0.2, 0.25) is 5.02 Å². The van der Waals surface area contributed by atoms with E-state index in [1.807, 2.05) is 31.2 Å². The maximum Gasteiger partial charge on any atom is 0.307 e. The number of rotatable bonds is 5. The number of benzene rings is 1. The van der Waals surface area contributed by atoms with Crippen molar-refractivity contribution in [3.63, 3.8) is 0 Å². The van der Waals surface area contributed by atoms with Gasteiger partial charge in [0.2, 0.25) is 0 Å². The van der Waals surface area contributed by atoms with Crippen LogP contribution in [-0.2, 0) is 16.1 Å². The second-order valence-electron chi connectivity index (χ2n) is 3.69. The van der Waals surface area contributed by atoms with Crippen molar-refractivity contribution in [2.24, 2.45) is 0 Å². The van der Waals surface area contributed by atoms with E-state index in [4.69, 9.17) is 11.6 Å². The molecule has 0 unspecified atom stereocenters. The normalized spacial score (nSPS) is 12.2. The molecule has 0 aliphatic carbocycles. The standard InChI is InChI=1S/C12H16ClNO2/c1-9(7-12(15)16-2)14-8-10-3-5-11(13)6-4-10/h3-6,9,14H,7-8H2,1-2H3/t9-/m1/s1. The smallest absolute Gasteiger partial charge is 0.307 e. The summed E-state index contributed by atoms with van der Waals surface area (Å²) in [6.07, 6.45) is 0.379. The van der Waals surface area contributed by atoms with Crippen LogP contribution in [-0.4, -0.2) is 19.1 Å². The molecule has 0 heterocycles. The molecule has 0 radical (unpaired) electrons. The molecule has 0 amide bonds. The fraction of sp³-hybridized carbons (Fsp3) is 0.417. The topological polar surface area (TPSA) is 38.3 Å². The summed E-state index contributed by atoms with van der Waals surface area (Å²) in [6.45, 7) is 2.67. The molecule has 3 nitrogen and oxygen atoms in total. The zero-order valence-corrected chi connectivity index (χ0v) is 10.3. The lowest BCUT2D eigenvalue weighted by atomic mass is 10.2. The van der Waals surface area contributed by atoms with E-state index in [9.17, 15) is 4.79 Å². The fourth-order valence-electron chi connectivity index (χ4n) is 1.30.